The van der Waals surface area contributed by atoms with Crippen molar-refractivity contribution >= 4 is 5.52 Å². The van der Waals surface area contributed by atoms with Crippen LogP contribution in [0.25, 0.3) is 16.8 Å². The molecule has 0 radical (unpaired) electrons. The lowest BCUT2D eigenvalue weighted by Crippen LogP contribution is -2.09. The molecule has 0 atom stereocenters. The van der Waals surface area contributed by atoms with Crippen LogP contribution in [-0.4, -0.2) is 9.38 Å². The first-order valence-electron chi connectivity index (χ1n) is 5.51. The van der Waals surface area contributed by atoms with Crippen molar-refractivity contribution in [1.82, 2.24) is 9.38 Å². The molecule has 1 aromatic carbocycles. The molecule has 1 N–H and O–H groups in total. The van der Waals surface area contributed by atoms with E-state index in [2.05, 4.69) is 4.98 Å². The van der Waals surface area contributed by atoms with Crippen LogP contribution in [0.15, 0.2) is 53.6 Å². The number of benzene rings is 1. The molecule has 3 nitrogen and oxygen atoms in total. The first-order valence-corrected chi connectivity index (χ1v) is 5.51. The Morgan fingerprint density at radius 3 is 2.65 bits per heavy atom. The number of aryl methyl sites for hydroxylation is 1. The lowest BCUT2D eigenvalue weighted by atomic mass is 10.1. The molecule has 3 aromatic rings. The molecule has 0 saturated carbocycles. The fraction of sp³-hybridized carbons (Fsp3) is 0.0714. The zero-order valence-electron chi connectivity index (χ0n) is 9.47. The quantitative estimate of drug-likeness (QED) is 0.677. The molecule has 0 bridgehead atoms. The summed E-state index contributed by atoms with van der Waals surface area (Å²) in [6.45, 7) is 2.04. The zero-order chi connectivity index (χ0) is 11.8. The number of rotatable bonds is 1. The minimum absolute atomic E-state index is 0.0620. The molecule has 2 aromatic heterocycles. The van der Waals surface area contributed by atoms with Crippen LogP contribution in [0.4, 0.5) is 0 Å². The second-order valence-corrected chi connectivity index (χ2v) is 4.16. The molecule has 0 unspecified atom stereocenters. The maximum atomic E-state index is 11.8. The topological polar surface area (TPSA) is 37.3 Å². The van der Waals surface area contributed by atoms with Gasteiger partial charge in [-0.25, -0.2) is 0 Å². The van der Waals surface area contributed by atoms with Crippen molar-refractivity contribution in [3.8, 4) is 11.3 Å². The molecule has 3 rings (SSSR count). The van der Waals surface area contributed by atoms with Crippen molar-refractivity contribution in [2.24, 2.45) is 0 Å². The third kappa shape index (κ3) is 1.65. The summed E-state index contributed by atoms with van der Waals surface area (Å²) < 4.78 is 1.84. The van der Waals surface area contributed by atoms with Gasteiger partial charge in [-0.05, 0) is 24.6 Å². The predicted molar refractivity (Wildman–Crippen MR) is 68.2 cm³/mol. The monoisotopic (exact) mass is 224 g/mol. The Morgan fingerprint density at radius 2 is 1.88 bits per heavy atom. The SMILES string of the molecule is Cc1ccc(-c2cn3cccc3c(=O)[nH]2)cc1. The van der Waals surface area contributed by atoms with E-state index in [1.807, 2.05) is 54.0 Å². The second-order valence-electron chi connectivity index (χ2n) is 4.16. The normalized spacial score (nSPS) is 10.9. The number of H-pyrrole nitrogens is 1. The number of hydrogen-bond acceptors (Lipinski definition) is 1. The van der Waals surface area contributed by atoms with Crippen molar-refractivity contribution in [2.75, 3.05) is 0 Å². The lowest BCUT2D eigenvalue weighted by Gasteiger charge is -2.03. The summed E-state index contributed by atoms with van der Waals surface area (Å²) in [5.74, 6) is 0. The van der Waals surface area contributed by atoms with Crippen LogP contribution in [-0.2, 0) is 0 Å². The Balaban J connectivity index is 2.23. The van der Waals surface area contributed by atoms with Crippen LogP contribution in [0, 0.1) is 6.92 Å². The van der Waals surface area contributed by atoms with Gasteiger partial charge in [-0.3, -0.25) is 4.79 Å². The van der Waals surface area contributed by atoms with Crippen molar-refractivity contribution in [2.45, 2.75) is 6.92 Å². The number of nitrogens with one attached hydrogen (secondary N) is 1. The van der Waals surface area contributed by atoms with Crippen LogP contribution < -0.4 is 5.56 Å². The number of aromatic nitrogens is 2. The molecule has 0 fully saturated rings. The van der Waals surface area contributed by atoms with Crippen molar-refractivity contribution in [1.29, 1.82) is 0 Å². The highest BCUT2D eigenvalue weighted by atomic mass is 16.1. The largest absolute Gasteiger partial charge is 0.319 e. The van der Waals surface area contributed by atoms with Crippen molar-refractivity contribution in [3.63, 3.8) is 0 Å². The summed E-state index contributed by atoms with van der Waals surface area (Å²) in [6, 6.07) is 11.8. The highest BCUT2D eigenvalue weighted by molar-refractivity contribution is 5.60. The van der Waals surface area contributed by atoms with Gasteiger partial charge in [-0.15, -0.1) is 0 Å². The highest BCUT2D eigenvalue weighted by Gasteiger charge is 2.03. The molecule has 2 heterocycles. The Kier molecular flexibility index (Phi) is 2.11. The Labute approximate surface area is 98.4 Å². The maximum absolute atomic E-state index is 11.8. The van der Waals surface area contributed by atoms with Gasteiger partial charge in [0, 0.05) is 12.4 Å². The fourth-order valence-electron chi connectivity index (χ4n) is 1.94. The molecular formula is C14H12N2O. The van der Waals surface area contributed by atoms with Crippen molar-refractivity contribution in [3.05, 3.63) is 64.7 Å². The lowest BCUT2D eigenvalue weighted by molar-refractivity contribution is 1.11. The minimum atomic E-state index is -0.0620. The zero-order valence-corrected chi connectivity index (χ0v) is 9.47. The van der Waals surface area contributed by atoms with Gasteiger partial charge in [-0.1, -0.05) is 29.8 Å². The van der Waals surface area contributed by atoms with E-state index in [1.165, 1.54) is 5.56 Å². The van der Waals surface area contributed by atoms with Gasteiger partial charge < -0.3 is 9.38 Å². The smallest absolute Gasteiger partial charge is 0.272 e. The maximum Gasteiger partial charge on any atom is 0.272 e. The van der Waals surface area contributed by atoms with Gasteiger partial charge in [0.2, 0.25) is 0 Å². The third-order valence-corrected chi connectivity index (χ3v) is 2.89. The van der Waals surface area contributed by atoms with Gasteiger partial charge in [0.15, 0.2) is 0 Å². The number of aromatic amines is 1. The molecule has 0 amide bonds. The van der Waals surface area contributed by atoms with E-state index in [1.54, 1.807) is 6.07 Å². The summed E-state index contributed by atoms with van der Waals surface area (Å²) in [5.41, 5.74) is 3.66. The number of hydrogen-bond donors (Lipinski definition) is 1. The van der Waals surface area contributed by atoms with E-state index in [9.17, 15) is 4.79 Å². The first kappa shape index (κ1) is 9.90. The van der Waals surface area contributed by atoms with E-state index < -0.39 is 0 Å². The number of fused-ring (bicyclic) bond motifs is 1. The second kappa shape index (κ2) is 3.63. The van der Waals surface area contributed by atoms with E-state index in [0.717, 1.165) is 11.3 Å². The van der Waals surface area contributed by atoms with Gasteiger partial charge in [0.05, 0.1) is 5.69 Å². The Morgan fingerprint density at radius 1 is 1.12 bits per heavy atom. The summed E-state index contributed by atoms with van der Waals surface area (Å²) in [5, 5.41) is 0. The van der Waals surface area contributed by atoms with Crippen LogP contribution in [0.1, 0.15) is 5.56 Å². The Bertz CT molecular complexity index is 720. The number of nitrogens with zero attached hydrogens (tertiary/aromatic N) is 1. The molecule has 0 spiro atoms. The fourth-order valence-corrected chi connectivity index (χ4v) is 1.94. The standard InChI is InChI=1S/C14H12N2O/c1-10-4-6-11(7-5-10)12-9-16-8-2-3-13(16)14(17)15-12/h2-9H,1H3,(H,15,17). The van der Waals surface area contributed by atoms with E-state index >= 15 is 0 Å². The summed E-state index contributed by atoms with van der Waals surface area (Å²) in [7, 11) is 0. The van der Waals surface area contributed by atoms with Crippen LogP contribution in [0.5, 0.6) is 0 Å². The predicted octanol–water partition coefficient (Wildman–Crippen LogP) is 2.60. The molecule has 0 saturated heterocycles. The molecule has 0 aliphatic rings. The minimum Gasteiger partial charge on any atom is -0.319 e. The average Bonchev–Trinajstić information content (AvgIpc) is 2.78. The van der Waals surface area contributed by atoms with E-state index in [0.29, 0.717) is 5.52 Å². The summed E-state index contributed by atoms with van der Waals surface area (Å²) in [4.78, 5) is 14.7. The molecular weight excluding hydrogens is 212 g/mol. The van der Waals surface area contributed by atoms with Crippen LogP contribution in [0.3, 0.4) is 0 Å². The van der Waals surface area contributed by atoms with Gasteiger partial charge in [0.25, 0.3) is 5.56 Å². The first-order chi connectivity index (χ1) is 8.24. The molecule has 84 valence electrons. The average molecular weight is 224 g/mol. The Hall–Kier alpha value is -2.29. The molecule has 0 aliphatic heterocycles. The third-order valence-electron chi connectivity index (χ3n) is 2.89. The molecule has 17 heavy (non-hydrogen) atoms. The summed E-state index contributed by atoms with van der Waals surface area (Å²) >= 11 is 0. The van der Waals surface area contributed by atoms with Crippen molar-refractivity contribution < 1.29 is 0 Å². The van der Waals surface area contributed by atoms with Gasteiger partial charge in [-0.2, -0.15) is 0 Å². The van der Waals surface area contributed by atoms with Crippen LogP contribution in [0.2, 0.25) is 0 Å². The van der Waals surface area contributed by atoms with Crippen LogP contribution >= 0.6 is 0 Å². The summed E-state index contributed by atoms with van der Waals surface area (Å²) in [6.07, 6.45) is 3.81. The molecule has 3 heteroatoms. The highest BCUT2D eigenvalue weighted by Crippen LogP contribution is 2.16. The van der Waals surface area contributed by atoms with E-state index in [4.69, 9.17) is 0 Å². The van der Waals surface area contributed by atoms with E-state index in [-0.39, 0.29) is 5.56 Å². The molecule has 0 aliphatic carbocycles. The van der Waals surface area contributed by atoms with Gasteiger partial charge >= 0.3 is 0 Å². The van der Waals surface area contributed by atoms with Gasteiger partial charge in [0.1, 0.15) is 5.52 Å².